The van der Waals surface area contributed by atoms with Crippen molar-refractivity contribution in [3.63, 3.8) is 0 Å². The molecule has 0 aromatic rings. The summed E-state index contributed by atoms with van der Waals surface area (Å²) < 4.78 is 0. The first-order valence-electron chi connectivity index (χ1n) is 4.39. The molecule has 0 spiro atoms. The highest BCUT2D eigenvalue weighted by Crippen LogP contribution is 1.84. The van der Waals surface area contributed by atoms with E-state index in [4.69, 9.17) is 5.73 Å². The molecular weight excluding hydrogens is 170 g/mol. The standard InChI is InChI=1S/C8H17N3O2/c1-3-10-8(13)6(2)11-7(12)4-5-9/h6H,3-5,9H2,1-2H3,(H,10,13)(H,11,12). The summed E-state index contributed by atoms with van der Waals surface area (Å²) in [7, 11) is 0. The third kappa shape index (κ3) is 5.19. The fourth-order valence-corrected chi connectivity index (χ4v) is 0.838. The van der Waals surface area contributed by atoms with Gasteiger partial charge in [-0.2, -0.15) is 0 Å². The van der Waals surface area contributed by atoms with Crippen molar-refractivity contribution in [2.75, 3.05) is 13.1 Å². The number of hydrogen-bond donors (Lipinski definition) is 3. The van der Waals surface area contributed by atoms with Gasteiger partial charge in [0, 0.05) is 19.5 Å². The average molecular weight is 187 g/mol. The first-order valence-corrected chi connectivity index (χ1v) is 4.39. The third-order valence-electron chi connectivity index (χ3n) is 1.49. The Kier molecular flexibility index (Phi) is 5.88. The highest BCUT2D eigenvalue weighted by atomic mass is 16.2. The number of hydrogen-bond acceptors (Lipinski definition) is 3. The van der Waals surface area contributed by atoms with E-state index in [1.807, 2.05) is 6.92 Å². The van der Waals surface area contributed by atoms with E-state index in [1.165, 1.54) is 0 Å². The second-order valence-corrected chi connectivity index (χ2v) is 2.72. The van der Waals surface area contributed by atoms with Crippen LogP contribution in [0.3, 0.4) is 0 Å². The summed E-state index contributed by atoms with van der Waals surface area (Å²) in [6, 6.07) is -0.487. The minimum atomic E-state index is -0.487. The Balaban J connectivity index is 3.78. The topological polar surface area (TPSA) is 84.2 Å². The molecule has 0 aliphatic heterocycles. The summed E-state index contributed by atoms with van der Waals surface area (Å²) in [4.78, 5) is 22.1. The average Bonchev–Trinajstić information content (AvgIpc) is 2.05. The monoisotopic (exact) mass is 187 g/mol. The molecule has 1 atom stereocenters. The van der Waals surface area contributed by atoms with Crippen LogP contribution in [0.5, 0.6) is 0 Å². The molecule has 76 valence electrons. The number of carbonyl (C=O) groups is 2. The molecule has 1 unspecified atom stereocenters. The third-order valence-corrected chi connectivity index (χ3v) is 1.49. The van der Waals surface area contributed by atoms with E-state index in [0.29, 0.717) is 13.1 Å². The fraction of sp³-hybridized carbons (Fsp3) is 0.750. The maximum Gasteiger partial charge on any atom is 0.242 e. The van der Waals surface area contributed by atoms with Gasteiger partial charge in [0.15, 0.2) is 0 Å². The largest absolute Gasteiger partial charge is 0.355 e. The van der Waals surface area contributed by atoms with E-state index in [1.54, 1.807) is 6.92 Å². The summed E-state index contributed by atoms with van der Waals surface area (Å²) >= 11 is 0. The van der Waals surface area contributed by atoms with Crippen LogP contribution in [0.2, 0.25) is 0 Å². The molecule has 0 rings (SSSR count). The van der Waals surface area contributed by atoms with Gasteiger partial charge in [-0.05, 0) is 13.8 Å². The van der Waals surface area contributed by atoms with Crippen LogP contribution in [0.1, 0.15) is 20.3 Å². The summed E-state index contributed by atoms with van der Waals surface area (Å²) in [6.45, 7) is 4.33. The minimum absolute atomic E-state index is 0.173. The predicted octanol–water partition coefficient (Wildman–Crippen LogP) is -1.02. The molecule has 0 aromatic heterocycles. The van der Waals surface area contributed by atoms with Gasteiger partial charge < -0.3 is 16.4 Å². The zero-order valence-corrected chi connectivity index (χ0v) is 8.09. The second-order valence-electron chi connectivity index (χ2n) is 2.72. The molecule has 2 amide bonds. The van der Waals surface area contributed by atoms with Crippen molar-refractivity contribution in [2.24, 2.45) is 5.73 Å². The van der Waals surface area contributed by atoms with Crippen LogP contribution < -0.4 is 16.4 Å². The first kappa shape index (κ1) is 11.9. The quantitative estimate of drug-likeness (QED) is 0.515. The van der Waals surface area contributed by atoms with E-state index in [2.05, 4.69) is 10.6 Å². The molecule has 0 radical (unpaired) electrons. The number of amides is 2. The van der Waals surface area contributed by atoms with Crippen LogP contribution in [0.15, 0.2) is 0 Å². The molecule has 0 bridgehead atoms. The molecule has 13 heavy (non-hydrogen) atoms. The SMILES string of the molecule is CCNC(=O)C(C)NC(=O)CCN. The summed E-state index contributed by atoms with van der Waals surface area (Å²) in [5.41, 5.74) is 5.18. The van der Waals surface area contributed by atoms with Crippen LogP contribution in [0.4, 0.5) is 0 Å². The van der Waals surface area contributed by atoms with Gasteiger partial charge in [0.25, 0.3) is 0 Å². The van der Waals surface area contributed by atoms with Crippen LogP contribution >= 0.6 is 0 Å². The smallest absolute Gasteiger partial charge is 0.242 e. The molecular formula is C8H17N3O2. The summed E-state index contributed by atoms with van der Waals surface area (Å²) in [5, 5.41) is 5.14. The van der Waals surface area contributed by atoms with Gasteiger partial charge in [0.1, 0.15) is 6.04 Å². The zero-order chi connectivity index (χ0) is 10.3. The lowest BCUT2D eigenvalue weighted by Gasteiger charge is -2.12. The van der Waals surface area contributed by atoms with Gasteiger partial charge in [-0.1, -0.05) is 0 Å². The molecule has 0 aromatic carbocycles. The van der Waals surface area contributed by atoms with E-state index < -0.39 is 6.04 Å². The Labute approximate surface area is 78.1 Å². The normalized spacial score (nSPS) is 11.9. The molecule has 5 nitrogen and oxygen atoms in total. The van der Waals surface area contributed by atoms with Crippen LogP contribution in [0.25, 0.3) is 0 Å². The van der Waals surface area contributed by atoms with Crippen LogP contribution in [-0.4, -0.2) is 30.9 Å². The van der Waals surface area contributed by atoms with E-state index >= 15 is 0 Å². The number of likely N-dealkylation sites (N-methyl/N-ethyl adjacent to an activating group) is 1. The number of nitrogens with two attached hydrogens (primary N) is 1. The van der Waals surface area contributed by atoms with Gasteiger partial charge in [-0.3, -0.25) is 9.59 Å². The number of nitrogens with one attached hydrogen (secondary N) is 2. The molecule has 0 aliphatic carbocycles. The Hall–Kier alpha value is -1.10. The molecule has 0 saturated heterocycles. The lowest BCUT2D eigenvalue weighted by Crippen LogP contribution is -2.45. The van der Waals surface area contributed by atoms with Crippen LogP contribution in [-0.2, 0) is 9.59 Å². The van der Waals surface area contributed by atoms with Gasteiger partial charge in [0.2, 0.25) is 11.8 Å². The Bertz CT molecular complexity index is 182. The first-order chi connectivity index (χ1) is 6.11. The molecule has 4 N–H and O–H groups in total. The van der Waals surface area contributed by atoms with Crippen molar-refractivity contribution in [1.29, 1.82) is 0 Å². The van der Waals surface area contributed by atoms with Crippen molar-refractivity contribution >= 4 is 11.8 Å². The molecule has 0 aliphatic rings. The Morgan fingerprint density at radius 1 is 1.46 bits per heavy atom. The predicted molar refractivity (Wildman–Crippen MR) is 50.0 cm³/mol. The van der Waals surface area contributed by atoms with Gasteiger partial charge in [0.05, 0.1) is 0 Å². The fourth-order valence-electron chi connectivity index (χ4n) is 0.838. The van der Waals surface area contributed by atoms with Gasteiger partial charge >= 0.3 is 0 Å². The lowest BCUT2D eigenvalue weighted by molar-refractivity contribution is -0.128. The molecule has 0 heterocycles. The maximum absolute atomic E-state index is 11.1. The lowest BCUT2D eigenvalue weighted by atomic mass is 10.3. The zero-order valence-electron chi connectivity index (χ0n) is 8.09. The van der Waals surface area contributed by atoms with Crippen molar-refractivity contribution in [3.05, 3.63) is 0 Å². The summed E-state index contributed by atoms with van der Waals surface area (Å²) in [6.07, 6.45) is 0.254. The van der Waals surface area contributed by atoms with Crippen molar-refractivity contribution in [3.8, 4) is 0 Å². The Morgan fingerprint density at radius 2 is 2.08 bits per heavy atom. The van der Waals surface area contributed by atoms with Gasteiger partial charge in [-0.15, -0.1) is 0 Å². The minimum Gasteiger partial charge on any atom is -0.355 e. The molecule has 0 fully saturated rings. The molecule has 5 heteroatoms. The van der Waals surface area contributed by atoms with E-state index in [0.717, 1.165) is 0 Å². The van der Waals surface area contributed by atoms with Crippen LogP contribution in [0, 0.1) is 0 Å². The second kappa shape index (κ2) is 6.42. The summed E-state index contributed by atoms with van der Waals surface area (Å²) in [5.74, 6) is -0.367. The number of rotatable bonds is 5. The highest BCUT2D eigenvalue weighted by molar-refractivity contribution is 5.87. The van der Waals surface area contributed by atoms with Crippen molar-refractivity contribution in [2.45, 2.75) is 26.3 Å². The molecule has 0 saturated carbocycles. The highest BCUT2D eigenvalue weighted by Gasteiger charge is 2.13. The Morgan fingerprint density at radius 3 is 2.54 bits per heavy atom. The van der Waals surface area contributed by atoms with E-state index in [-0.39, 0.29) is 18.2 Å². The van der Waals surface area contributed by atoms with Crippen molar-refractivity contribution in [1.82, 2.24) is 10.6 Å². The van der Waals surface area contributed by atoms with Gasteiger partial charge in [-0.25, -0.2) is 0 Å². The number of carbonyl (C=O) groups excluding carboxylic acids is 2. The van der Waals surface area contributed by atoms with E-state index in [9.17, 15) is 9.59 Å². The van der Waals surface area contributed by atoms with Crippen molar-refractivity contribution < 1.29 is 9.59 Å². The maximum atomic E-state index is 11.1.